The van der Waals surface area contributed by atoms with Crippen LogP contribution in [0.25, 0.3) is 0 Å². The Balaban J connectivity index is 1.70. The van der Waals surface area contributed by atoms with Gasteiger partial charge in [0.1, 0.15) is 5.82 Å². The first-order valence-electron chi connectivity index (χ1n) is 6.40. The lowest BCUT2D eigenvalue weighted by molar-refractivity contribution is 0.491. The van der Waals surface area contributed by atoms with E-state index in [1.165, 1.54) is 38.5 Å². The van der Waals surface area contributed by atoms with Gasteiger partial charge in [-0.15, -0.1) is 0 Å². The zero-order chi connectivity index (χ0) is 12.1. The van der Waals surface area contributed by atoms with Crippen molar-refractivity contribution in [2.45, 2.75) is 38.5 Å². The van der Waals surface area contributed by atoms with Gasteiger partial charge in [0.25, 0.3) is 0 Å². The van der Waals surface area contributed by atoms with Crippen LogP contribution in [0.15, 0.2) is 16.7 Å². The van der Waals surface area contributed by atoms with E-state index >= 15 is 0 Å². The predicted molar refractivity (Wildman–Crippen MR) is 76.0 cm³/mol. The van der Waals surface area contributed by atoms with E-state index in [-0.39, 0.29) is 0 Å². The molecule has 0 atom stereocenters. The summed E-state index contributed by atoms with van der Waals surface area (Å²) >= 11 is 3.46. The third kappa shape index (κ3) is 3.87. The summed E-state index contributed by atoms with van der Waals surface area (Å²) in [5.74, 6) is 1.87. The van der Waals surface area contributed by atoms with Gasteiger partial charge in [-0.1, -0.05) is 25.7 Å². The lowest BCUT2D eigenvalue weighted by Gasteiger charge is -2.10. The van der Waals surface area contributed by atoms with E-state index in [9.17, 15) is 0 Å². The molecule has 0 saturated heterocycles. The number of nitrogens with one attached hydrogen (secondary N) is 1. The Bertz CT molecular complexity index is 362. The van der Waals surface area contributed by atoms with Crippen LogP contribution in [-0.4, -0.2) is 11.5 Å². The van der Waals surface area contributed by atoms with Gasteiger partial charge in [0.05, 0.1) is 16.4 Å². The molecule has 1 heterocycles. The summed E-state index contributed by atoms with van der Waals surface area (Å²) in [5.41, 5.74) is 6.33. The molecule has 0 aromatic carbocycles. The van der Waals surface area contributed by atoms with Crippen LogP contribution < -0.4 is 11.1 Å². The fourth-order valence-corrected chi connectivity index (χ4v) is 2.99. The molecule has 2 rings (SSSR count). The monoisotopic (exact) mass is 297 g/mol. The van der Waals surface area contributed by atoms with Crippen LogP contribution in [0.4, 0.5) is 11.5 Å². The van der Waals surface area contributed by atoms with Crippen LogP contribution in [0.1, 0.15) is 38.5 Å². The number of rotatable bonds is 5. The minimum Gasteiger partial charge on any atom is -0.397 e. The van der Waals surface area contributed by atoms with Gasteiger partial charge in [0.15, 0.2) is 0 Å². The highest BCUT2D eigenvalue weighted by Gasteiger charge is 2.13. The van der Waals surface area contributed by atoms with Gasteiger partial charge in [-0.25, -0.2) is 4.98 Å². The van der Waals surface area contributed by atoms with Crippen LogP contribution in [0.5, 0.6) is 0 Å². The summed E-state index contributed by atoms with van der Waals surface area (Å²) in [6.45, 7) is 0.992. The molecule has 0 unspecified atom stereocenters. The molecule has 3 N–H and O–H groups in total. The van der Waals surface area contributed by atoms with Crippen molar-refractivity contribution >= 4 is 27.4 Å². The van der Waals surface area contributed by atoms with Crippen molar-refractivity contribution in [3.8, 4) is 0 Å². The maximum absolute atomic E-state index is 5.64. The predicted octanol–water partition coefficient (Wildman–Crippen LogP) is 3.81. The number of anilines is 2. The second-order valence-electron chi connectivity index (χ2n) is 4.82. The molecular formula is C13H20BrN3. The van der Waals surface area contributed by atoms with Crippen molar-refractivity contribution in [2.75, 3.05) is 17.6 Å². The Morgan fingerprint density at radius 1 is 1.41 bits per heavy atom. The third-order valence-corrected chi connectivity index (χ3v) is 4.02. The van der Waals surface area contributed by atoms with Gasteiger partial charge in [0.2, 0.25) is 0 Å². The van der Waals surface area contributed by atoms with Crippen molar-refractivity contribution in [2.24, 2.45) is 5.92 Å². The minimum absolute atomic E-state index is 0.688. The number of aromatic nitrogens is 1. The maximum atomic E-state index is 5.64. The highest BCUT2D eigenvalue weighted by atomic mass is 79.9. The molecule has 0 spiro atoms. The Labute approximate surface area is 111 Å². The maximum Gasteiger partial charge on any atom is 0.140 e. The quantitative estimate of drug-likeness (QED) is 0.813. The molecule has 1 aliphatic carbocycles. The first kappa shape index (κ1) is 12.7. The number of nitrogen functional groups attached to an aromatic ring is 1. The Hall–Kier alpha value is -0.770. The van der Waals surface area contributed by atoms with Crippen LogP contribution in [0, 0.1) is 5.92 Å². The molecule has 94 valence electrons. The molecule has 1 fully saturated rings. The minimum atomic E-state index is 0.688. The fourth-order valence-electron chi connectivity index (χ4n) is 2.48. The van der Waals surface area contributed by atoms with Gasteiger partial charge in [-0.05, 0) is 40.8 Å². The molecule has 3 nitrogen and oxygen atoms in total. The topological polar surface area (TPSA) is 50.9 Å². The molecular weight excluding hydrogens is 278 g/mol. The summed E-state index contributed by atoms with van der Waals surface area (Å²) in [6.07, 6.45) is 9.99. The summed E-state index contributed by atoms with van der Waals surface area (Å²) in [4.78, 5) is 4.26. The summed E-state index contributed by atoms with van der Waals surface area (Å²) < 4.78 is 0.943. The van der Waals surface area contributed by atoms with E-state index in [1.54, 1.807) is 6.20 Å². The van der Waals surface area contributed by atoms with E-state index in [4.69, 9.17) is 5.73 Å². The first-order valence-corrected chi connectivity index (χ1v) is 7.20. The number of hydrogen-bond acceptors (Lipinski definition) is 3. The Morgan fingerprint density at radius 2 is 2.18 bits per heavy atom. The molecule has 1 aromatic heterocycles. The van der Waals surface area contributed by atoms with E-state index in [0.717, 1.165) is 22.8 Å². The molecule has 0 bridgehead atoms. The summed E-state index contributed by atoms with van der Waals surface area (Å²) in [6, 6.07) is 1.88. The smallest absolute Gasteiger partial charge is 0.140 e. The van der Waals surface area contributed by atoms with Crippen molar-refractivity contribution in [1.82, 2.24) is 4.98 Å². The summed E-state index contributed by atoms with van der Waals surface area (Å²) in [5, 5.41) is 3.35. The van der Waals surface area contributed by atoms with Gasteiger partial charge < -0.3 is 11.1 Å². The molecule has 17 heavy (non-hydrogen) atoms. The van der Waals surface area contributed by atoms with E-state index in [2.05, 4.69) is 26.2 Å². The highest BCUT2D eigenvalue weighted by Crippen LogP contribution is 2.28. The van der Waals surface area contributed by atoms with Gasteiger partial charge in [-0.3, -0.25) is 0 Å². The average Bonchev–Trinajstić information content (AvgIpc) is 2.79. The SMILES string of the molecule is Nc1cnc(NCCCC2CCCC2)c(Br)c1. The number of pyridine rings is 1. The van der Waals surface area contributed by atoms with Crippen LogP contribution in [0.3, 0.4) is 0 Å². The number of halogens is 1. The molecule has 0 aliphatic heterocycles. The number of nitrogens with two attached hydrogens (primary N) is 1. The lowest BCUT2D eigenvalue weighted by Crippen LogP contribution is -2.06. The summed E-state index contributed by atoms with van der Waals surface area (Å²) in [7, 11) is 0. The molecule has 0 amide bonds. The normalized spacial score (nSPS) is 16.3. The molecule has 1 saturated carbocycles. The van der Waals surface area contributed by atoms with E-state index in [0.29, 0.717) is 5.69 Å². The van der Waals surface area contributed by atoms with E-state index in [1.807, 2.05) is 6.07 Å². The van der Waals surface area contributed by atoms with Gasteiger partial charge in [-0.2, -0.15) is 0 Å². The second kappa shape index (κ2) is 6.24. The van der Waals surface area contributed by atoms with E-state index < -0.39 is 0 Å². The van der Waals surface area contributed by atoms with Gasteiger partial charge >= 0.3 is 0 Å². The average molecular weight is 298 g/mol. The Kier molecular flexibility index (Phi) is 4.66. The number of hydrogen-bond donors (Lipinski definition) is 2. The zero-order valence-corrected chi connectivity index (χ0v) is 11.7. The first-order chi connectivity index (χ1) is 8.25. The zero-order valence-electron chi connectivity index (χ0n) is 10.1. The van der Waals surface area contributed by atoms with Crippen LogP contribution in [0.2, 0.25) is 0 Å². The van der Waals surface area contributed by atoms with Crippen LogP contribution in [-0.2, 0) is 0 Å². The number of nitrogens with zero attached hydrogens (tertiary/aromatic N) is 1. The molecule has 4 heteroatoms. The van der Waals surface area contributed by atoms with Crippen LogP contribution >= 0.6 is 15.9 Å². The van der Waals surface area contributed by atoms with Crippen molar-refractivity contribution in [3.05, 3.63) is 16.7 Å². The van der Waals surface area contributed by atoms with Gasteiger partial charge in [0, 0.05) is 6.54 Å². The molecule has 1 aromatic rings. The highest BCUT2D eigenvalue weighted by molar-refractivity contribution is 9.10. The fraction of sp³-hybridized carbons (Fsp3) is 0.615. The molecule has 1 aliphatic rings. The van der Waals surface area contributed by atoms with Crippen molar-refractivity contribution < 1.29 is 0 Å². The Morgan fingerprint density at radius 3 is 2.88 bits per heavy atom. The van der Waals surface area contributed by atoms with Crippen molar-refractivity contribution in [3.63, 3.8) is 0 Å². The third-order valence-electron chi connectivity index (χ3n) is 3.42. The lowest BCUT2D eigenvalue weighted by atomic mass is 10.0. The standard InChI is InChI=1S/C13H20BrN3/c14-12-8-11(15)9-17-13(12)16-7-3-6-10-4-1-2-5-10/h8-10H,1-7,15H2,(H,16,17). The largest absolute Gasteiger partial charge is 0.397 e. The van der Waals surface area contributed by atoms with Crippen molar-refractivity contribution in [1.29, 1.82) is 0 Å². The molecule has 0 radical (unpaired) electrons. The second-order valence-corrected chi connectivity index (χ2v) is 5.67.